The molecule has 0 saturated carbocycles. The van der Waals surface area contributed by atoms with Gasteiger partial charge in [0.15, 0.2) is 0 Å². The van der Waals surface area contributed by atoms with Crippen molar-refractivity contribution in [3.05, 3.63) is 28.2 Å². The minimum Gasteiger partial charge on any atom is -0.480 e. The van der Waals surface area contributed by atoms with Crippen LogP contribution in [0.1, 0.15) is 25.8 Å². The smallest absolute Gasteiger partial charge is 0.326 e. The van der Waals surface area contributed by atoms with E-state index < -0.39 is 18.0 Å². The SMILES string of the molecule is CCC(C)C(NC(=O)Nc1cccc(Br)c1C)C(=O)O. The van der Waals surface area contributed by atoms with Crippen molar-refractivity contribution < 1.29 is 14.7 Å². The van der Waals surface area contributed by atoms with E-state index in [9.17, 15) is 9.59 Å². The number of carboxylic acids is 1. The number of urea groups is 1. The monoisotopic (exact) mass is 342 g/mol. The molecule has 0 aliphatic rings. The second kappa shape index (κ2) is 7.28. The number of hydrogen-bond acceptors (Lipinski definition) is 2. The lowest BCUT2D eigenvalue weighted by atomic mass is 9.99. The molecule has 0 saturated heterocycles. The average Bonchev–Trinajstić information content (AvgIpc) is 2.40. The minimum atomic E-state index is -1.03. The molecule has 20 heavy (non-hydrogen) atoms. The Morgan fingerprint density at radius 2 is 2.05 bits per heavy atom. The van der Waals surface area contributed by atoms with Crippen LogP contribution in [-0.2, 0) is 4.79 Å². The minimum absolute atomic E-state index is 0.137. The number of carbonyl (C=O) groups excluding carboxylic acids is 1. The molecule has 2 unspecified atom stereocenters. The Balaban J connectivity index is 2.76. The molecule has 110 valence electrons. The lowest BCUT2D eigenvalue weighted by molar-refractivity contribution is -0.140. The Kier molecular flexibility index (Phi) is 6.01. The summed E-state index contributed by atoms with van der Waals surface area (Å²) in [5, 5.41) is 14.3. The molecular formula is C14H19BrN2O3. The fourth-order valence-corrected chi connectivity index (χ4v) is 2.09. The van der Waals surface area contributed by atoms with Gasteiger partial charge < -0.3 is 15.7 Å². The van der Waals surface area contributed by atoms with Crippen LogP contribution in [0.2, 0.25) is 0 Å². The molecule has 6 heteroatoms. The van der Waals surface area contributed by atoms with Crippen LogP contribution in [0.5, 0.6) is 0 Å². The Hall–Kier alpha value is -1.56. The van der Waals surface area contributed by atoms with Gasteiger partial charge in [-0.05, 0) is 30.5 Å². The molecule has 1 aromatic rings. The summed E-state index contributed by atoms with van der Waals surface area (Å²) in [5.41, 5.74) is 1.53. The number of halogens is 1. The van der Waals surface area contributed by atoms with E-state index in [2.05, 4.69) is 26.6 Å². The summed E-state index contributed by atoms with van der Waals surface area (Å²) in [6.45, 7) is 5.55. The summed E-state index contributed by atoms with van der Waals surface area (Å²) >= 11 is 3.38. The first-order chi connectivity index (χ1) is 9.36. The maximum absolute atomic E-state index is 11.9. The van der Waals surface area contributed by atoms with Crippen LogP contribution in [0.15, 0.2) is 22.7 Å². The van der Waals surface area contributed by atoms with Crippen molar-refractivity contribution in [2.24, 2.45) is 5.92 Å². The van der Waals surface area contributed by atoms with Crippen LogP contribution in [0, 0.1) is 12.8 Å². The van der Waals surface area contributed by atoms with Gasteiger partial charge in [0, 0.05) is 10.2 Å². The van der Waals surface area contributed by atoms with Crippen molar-refractivity contribution in [2.45, 2.75) is 33.2 Å². The molecule has 3 N–H and O–H groups in total. The summed E-state index contributed by atoms with van der Waals surface area (Å²) in [5.74, 6) is -1.16. The summed E-state index contributed by atoms with van der Waals surface area (Å²) in [4.78, 5) is 23.1. The zero-order valence-electron chi connectivity index (χ0n) is 11.7. The second-order valence-electron chi connectivity index (χ2n) is 4.71. The molecule has 0 bridgehead atoms. The molecule has 0 radical (unpaired) electrons. The van der Waals surface area contributed by atoms with Crippen LogP contribution < -0.4 is 10.6 Å². The number of carboxylic acid groups (broad SMARTS) is 1. The van der Waals surface area contributed by atoms with E-state index >= 15 is 0 Å². The number of benzene rings is 1. The van der Waals surface area contributed by atoms with Gasteiger partial charge in [-0.1, -0.05) is 42.3 Å². The van der Waals surface area contributed by atoms with Gasteiger partial charge in [0.1, 0.15) is 6.04 Å². The van der Waals surface area contributed by atoms with Crippen LogP contribution >= 0.6 is 15.9 Å². The van der Waals surface area contributed by atoms with Crippen molar-refractivity contribution in [3.8, 4) is 0 Å². The number of carbonyl (C=O) groups is 2. The highest BCUT2D eigenvalue weighted by Crippen LogP contribution is 2.23. The third kappa shape index (κ3) is 4.23. The summed E-state index contributed by atoms with van der Waals surface area (Å²) in [6, 6.07) is 4.03. The molecule has 0 spiro atoms. The van der Waals surface area contributed by atoms with Crippen molar-refractivity contribution in [2.75, 3.05) is 5.32 Å². The molecular weight excluding hydrogens is 324 g/mol. The fourth-order valence-electron chi connectivity index (χ4n) is 1.73. The number of nitrogens with one attached hydrogen (secondary N) is 2. The number of aliphatic carboxylic acids is 1. The molecule has 0 aromatic heterocycles. The standard InChI is InChI=1S/C14H19BrN2O3/c1-4-8(2)12(13(18)19)17-14(20)16-11-7-5-6-10(15)9(11)3/h5-8,12H,4H2,1-3H3,(H,18,19)(H2,16,17,20). The molecule has 1 rings (SSSR count). The van der Waals surface area contributed by atoms with Gasteiger partial charge in [-0.15, -0.1) is 0 Å². The van der Waals surface area contributed by atoms with Gasteiger partial charge in [-0.25, -0.2) is 9.59 Å². The van der Waals surface area contributed by atoms with Crippen LogP contribution in [0.25, 0.3) is 0 Å². The van der Waals surface area contributed by atoms with Crippen molar-refractivity contribution in [1.82, 2.24) is 5.32 Å². The topological polar surface area (TPSA) is 78.4 Å². The van der Waals surface area contributed by atoms with Gasteiger partial charge in [0.25, 0.3) is 0 Å². The summed E-state index contributed by atoms with van der Waals surface area (Å²) < 4.78 is 0.881. The quantitative estimate of drug-likeness (QED) is 0.767. The Morgan fingerprint density at radius 3 is 2.60 bits per heavy atom. The van der Waals surface area contributed by atoms with Crippen LogP contribution in [0.3, 0.4) is 0 Å². The number of hydrogen-bond donors (Lipinski definition) is 3. The van der Waals surface area contributed by atoms with E-state index in [1.165, 1.54) is 0 Å². The highest BCUT2D eigenvalue weighted by atomic mass is 79.9. The average molecular weight is 343 g/mol. The highest BCUT2D eigenvalue weighted by molar-refractivity contribution is 9.10. The Morgan fingerprint density at radius 1 is 1.40 bits per heavy atom. The first kappa shape index (κ1) is 16.5. The van der Waals surface area contributed by atoms with E-state index in [-0.39, 0.29) is 5.92 Å². The van der Waals surface area contributed by atoms with Gasteiger partial charge in [-0.3, -0.25) is 0 Å². The largest absolute Gasteiger partial charge is 0.480 e. The maximum atomic E-state index is 11.9. The van der Waals surface area contributed by atoms with E-state index in [4.69, 9.17) is 5.11 Å². The Labute approximate surface area is 126 Å². The summed E-state index contributed by atoms with van der Waals surface area (Å²) in [7, 11) is 0. The van der Waals surface area contributed by atoms with Crippen molar-refractivity contribution >= 4 is 33.6 Å². The second-order valence-corrected chi connectivity index (χ2v) is 5.57. The molecule has 0 aliphatic heterocycles. The third-order valence-corrected chi connectivity index (χ3v) is 4.14. The molecule has 0 heterocycles. The Bertz CT molecular complexity index is 505. The molecule has 0 fully saturated rings. The maximum Gasteiger partial charge on any atom is 0.326 e. The summed E-state index contributed by atoms with van der Waals surface area (Å²) in [6.07, 6.45) is 0.674. The molecule has 2 amide bonds. The normalized spacial score (nSPS) is 13.4. The van der Waals surface area contributed by atoms with E-state index in [0.717, 1.165) is 10.0 Å². The van der Waals surface area contributed by atoms with Gasteiger partial charge in [0.05, 0.1) is 0 Å². The molecule has 2 atom stereocenters. The van der Waals surface area contributed by atoms with E-state index in [0.29, 0.717) is 12.1 Å². The number of anilines is 1. The van der Waals surface area contributed by atoms with Gasteiger partial charge in [-0.2, -0.15) is 0 Å². The van der Waals surface area contributed by atoms with Gasteiger partial charge >= 0.3 is 12.0 Å². The highest BCUT2D eigenvalue weighted by Gasteiger charge is 2.25. The van der Waals surface area contributed by atoms with Crippen LogP contribution in [0.4, 0.5) is 10.5 Å². The third-order valence-electron chi connectivity index (χ3n) is 3.28. The zero-order valence-corrected chi connectivity index (χ0v) is 13.3. The van der Waals surface area contributed by atoms with Crippen molar-refractivity contribution in [1.29, 1.82) is 0 Å². The molecule has 5 nitrogen and oxygen atoms in total. The first-order valence-electron chi connectivity index (χ1n) is 6.42. The lowest BCUT2D eigenvalue weighted by Crippen LogP contribution is -2.46. The van der Waals surface area contributed by atoms with Crippen LogP contribution in [-0.4, -0.2) is 23.1 Å². The van der Waals surface area contributed by atoms with E-state index in [1.807, 2.05) is 19.9 Å². The van der Waals surface area contributed by atoms with Gasteiger partial charge in [0.2, 0.25) is 0 Å². The first-order valence-corrected chi connectivity index (χ1v) is 7.21. The zero-order chi connectivity index (χ0) is 15.3. The van der Waals surface area contributed by atoms with E-state index in [1.54, 1.807) is 19.1 Å². The number of rotatable bonds is 5. The molecule has 0 aliphatic carbocycles. The number of amides is 2. The predicted molar refractivity (Wildman–Crippen MR) is 81.9 cm³/mol. The fraction of sp³-hybridized carbons (Fsp3) is 0.429. The molecule has 1 aromatic carbocycles. The van der Waals surface area contributed by atoms with Crippen molar-refractivity contribution in [3.63, 3.8) is 0 Å². The lowest BCUT2D eigenvalue weighted by Gasteiger charge is -2.20. The predicted octanol–water partition coefficient (Wildman–Crippen LogP) is 3.38.